The molecule has 7 nitrogen and oxygen atoms in total. The molecule has 0 radical (unpaired) electrons. The van der Waals surface area contributed by atoms with Crippen molar-refractivity contribution in [2.75, 3.05) is 49.5 Å². The van der Waals surface area contributed by atoms with Crippen molar-refractivity contribution in [3.8, 4) is 5.75 Å². The van der Waals surface area contributed by atoms with E-state index in [4.69, 9.17) is 0 Å². The van der Waals surface area contributed by atoms with E-state index in [9.17, 15) is 27.9 Å². The van der Waals surface area contributed by atoms with Crippen LogP contribution in [0.2, 0.25) is 0 Å². The first-order valence-corrected chi connectivity index (χ1v) is 9.30. The van der Waals surface area contributed by atoms with Gasteiger partial charge in [-0.25, -0.2) is 13.2 Å². The van der Waals surface area contributed by atoms with Crippen LogP contribution in [0.3, 0.4) is 0 Å². The number of hydrogen-bond acceptors (Lipinski definition) is 5. The van der Waals surface area contributed by atoms with Crippen molar-refractivity contribution in [2.24, 2.45) is 0 Å². The van der Waals surface area contributed by atoms with E-state index in [2.05, 4.69) is 10.6 Å². The lowest BCUT2D eigenvalue weighted by Gasteiger charge is -2.35. The van der Waals surface area contributed by atoms with Crippen LogP contribution in [0.15, 0.2) is 36.4 Å². The molecule has 0 atom stereocenters. The number of nitrogens with one attached hydrogen (secondary N) is 2. The molecule has 2 aromatic rings. The number of rotatable bonds is 6. The zero-order chi connectivity index (χ0) is 21.7. The number of phenolic OH excluding ortho intramolecular Hbond substituents is 1. The molecule has 1 aliphatic rings. The molecule has 3 N–H and O–H groups in total. The molecule has 0 saturated carbocycles. The predicted molar refractivity (Wildman–Crippen MR) is 105 cm³/mol. The molecule has 0 unspecified atom stereocenters. The molecule has 30 heavy (non-hydrogen) atoms. The van der Waals surface area contributed by atoms with Crippen LogP contribution >= 0.6 is 0 Å². The lowest BCUT2D eigenvalue weighted by atomic mass is 10.2. The Morgan fingerprint density at radius 1 is 0.933 bits per heavy atom. The standard InChI is InChI=1S/C20H21F3N4O3/c21-13-5-6-14(20(23)19(13)22)25-17(29)11-24-18(30)12-26-7-9-27(10-8-26)15-3-1-2-4-16(15)28/h1-6,28H,7-12H2,(H,24,30)(H,25,29). The van der Waals surface area contributed by atoms with Gasteiger partial charge >= 0.3 is 0 Å². The summed E-state index contributed by atoms with van der Waals surface area (Å²) in [7, 11) is 0. The molecule has 3 rings (SSSR count). The first-order valence-electron chi connectivity index (χ1n) is 9.30. The molecule has 0 aromatic heterocycles. The number of piperazine rings is 1. The van der Waals surface area contributed by atoms with Crippen LogP contribution in [0.5, 0.6) is 5.75 Å². The summed E-state index contributed by atoms with van der Waals surface area (Å²) in [5.74, 6) is -5.50. The van der Waals surface area contributed by atoms with Crippen molar-refractivity contribution >= 4 is 23.2 Å². The van der Waals surface area contributed by atoms with Gasteiger partial charge in [-0.05, 0) is 24.3 Å². The highest BCUT2D eigenvalue weighted by Crippen LogP contribution is 2.27. The molecular weight excluding hydrogens is 401 g/mol. The molecule has 1 aliphatic heterocycles. The number of carbonyl (C=O) groups excluding carboxylic acids is 2. The van der Waals surface area contributed by atoms with Crippen LogP contribution in [-0.2, 0) is 9.59 Å². The number of para-hydroxylation sites is 2. The van der Waals surface area contributed by atoms with E-state index in [-0.39, 0.29) is 12.3 Å². The molecule has 1 saturated heterocycles. The minimum absolute atomic E-state index is 0.0709. The molecule has 0 aliphatic carbocycles. The van der Waals surface area contributed by atoms with Crippen LogP contribution in [0.4, 0.5) is 24.5 Å². The second-order valence-electron chi connectivity index (χ2n) is 6.80. The smallest absolute Gasteiger partial charge is 0.243 e. The van der Waals surface area contributed by atoms with Crippen molar-refractivity contribution in [1.82, 2.24) is 10.2 Å². The summed E-state index contributed by atoms with van der Waals surface area (Å²) < 4.78 is 39.7. The maximum absolute atomic E-state index is 13.6. The minimum atomic E-state index is -1.68. The van der Waals surface area contributed by atoms with Crippen LogP contribution in [-0.4, -0.2) is 61.1 Å². The van der Waals surface area contributed by atoms with Gasteiger partial charge in [-0.15, -0.1) is 0 Å². The first-order chi connectivity index (χ1) is 14.3. The number of anilines is 2. The van der Waals surface area contributed by atoms with Crippen LogP contribution in [0.1, 0.15) is 0 Å². The Labute approximate surface area is 171 Å². The van der Waals surface area contributed by atoms with E-state index in [1.807, 2.05) is 21.9 Å². The third-order valence-electron chi connectivity index (χ3n) is 4.72. The van der Waals surface area contributed by atoms with Crippen molar-refractivity contribution < 1.29 is 27.9 Å². The Balaban J connectivity index is 1.42. The molecule has 2 amide bonds. The molecule has 160 valence electrons. The van der Waals surface area contributed by atoms with E-state index in [1.165, 1.54) is 0 Å². The largest absolute Gasteiger partial charge is 0.506 e. The number of halogens is 3. The highest BCUT2D eigenvalue weighted by molar-refractivity contribution is 5.94. The number of phenols is 1. The Kier molecular flexibility index (Phi) is 6.78. The van der Waals surface area contributed by atoms with Crippen LogP contribution in [0.25, 0.3) is 0 Å². The van der Waals surface area contributed by atoms with E-state index >= 15 is 0 Å². The molecule has 1 heterocycles. The molecule has 0 bridgehead atoms. The van der Waals surface area contributed by atoms with Gasteiger partial charge in [-0.2, -0.15) is 0 Å². The SMILES string of the molecule is O=C(CN1CCN(c2ccccc2O)CC1)NCC(=O)Nc1ccc(F)c(F)c1F. The van der Waals surface area contributed by atoms with Gasteiger partial charge in [0.1, 0.15) is 5.75 Å². The zero-order valence-electron chi connectivity index (χ0n) is 16.0. The summed E-state index contributed by atoms with van der Waals surface area (Å²) in [5.41, 5.74) is 0.233. The summed E-state index contributed by atoms with van der Waals surface area (Å²) in [5, 5.41) is 14.4. The topological polar surface area (TPSA) is 84.9 Å². The second-order valence-corrected chi connectivity index (χ2v) is 6.80. The second kappa shape index (κ2) is 9.49. The number of benzene rings is 2. The average molecular weight is 422 g/mol. The van der Waals surface area contributed by atoms with Crippen molar-refractivity contribution in [1.29, 1.82) is 0 Å². The highest BCUT2D eigenvalue weighted by atomic mass is 19.2. The molecule has 1 fully saturated rings. The van der Waals surface area contributed by atoms with Gasteiger partial charge in [0.2, 0.25) is 11.8 Å². The van der Waals surface area contributed by atoms with E-state index < -0.39 is 41.5 Å². The predicted octanol–water partition coefficient (Wildman–Crippen LogP) is 1.69. The van der Waals surface area contributed by atoms with E-state index in [0.717, 1.165) is 11.8 Å². The van der Waals surface area contributed by atoms with Gasteiger partial charge in [0.15, 0.2) is 17.5 Å². The van der Waals surface area contributed by atoms with Crippen molar-refractivity contribution in [2.45, 2.75) is 0 Å². The molecule has 10 heteroatoms. The maximum atomic E-state index is 13.6. The quantitative estimate of drug-likeness (QED) is 0.617. The fourth-order valence-electron chi connectivity index (χ4n) is 3.13. The fourth-order valence-corrected chi connectivity index (χ4v) is 3.13. The Morgan fingerprint density at radius 2 is 1.63 bits per heavy atom. The summed E-state index contributed by atoms with van der Waals surface area (Å²) in [6, 6.07) is 8.63. The Morgan fingerprint density at radius 3 is 2.33 bits per heavy atom. The first kappa shape index (κ1) is 21.4. The minimum Gasteiger partial charge on any atom is -0.506 e. The summed E-state index contributed by atoms with van der Waals surface area (Å²) in [6.45, 7) is 2.07. The third kappa shape index (κ3) is 5.20. The summed E-state index contributed by atoms with van der Waals surface area (Å²) in [4.78, 5) is 27.8. The lowest BCUT2D eigenvalue weighted by molar-refractivity contribution is -0.125. The van der Waals surface area contributed by atoms with Crippen molar-refractivity contribution in [3.05, 3.63) is 53.8 Å². The normalized spacial score (nSPS) is 14.4. The monoisotopic (exact) mass is 422 g/mol. The lowest BCUT2D eigenvalue weighted by Crippen LogP contribution is -2.50. The number of carbonyl (C=O) groups is 2. The number of hydrogen-bond donors (Lipinski definition) is 3. The Hall–Kier alpha value is -3.27. The van der Waals surface area contributed by atoms with Crippen LogP contribution < -0.4 is 15.5 Å². The van der Waals surface area contributed by atoms with Crippen LogP contribution in [0, 0.1) is 17.5 Å². The Bertz CT molecular complexity index is 934. The number of amides is 2. The van der Waals surface area contributed by atoms with E-state index in [1.54, 1.807) is 12.1 Å². The van der Waals surface area contributed by atoms with Gasteiger partial charge < -0.3 is 20.6 Å². The molecule has 0 spiro atoms. The van der Waals surface area contributed by atoms with Gasteiger partial charge in [-0.3, -0.25) is 14.5 Å². The maximum Gasteiger partial charge on any atom is 0.243 e. The third-order valence-corrected chi connectivity index (χ3v) is 4.72. The van der Waals surface area contributed by atoms with E-state index in [0.29, 0.717) is 32.2 Å². The zero-order valence-corrected chi connectivity index (χ0v) is 16.0. The molecular formula is C20H21F3N4O3. The molecule has 2 aromatic carbocycles. The van der Waals surface area contributed by atoms with Crippen molar-refractivity contribution in [3.63, 3.8) is 0 Å². The van der Waals surface area contributed by atoms with Gasteiger partial charge in [0.25, 0.3) is 0 Å². The van der Waals surface area contributed by atoms with Gasteiger partial charge in [-0.1, -0.05) is 12.1 Å². The summed E-state index contributed by atoms with van der Waals surface area (Å²) in [6.07, 6.45) is 0. The summed E-state index contributed by atoms with van der Waals surface area (Å²) >= 11 is 0. The van der Waals surface area contributed by atoms with Gasteiger partial charge in [0.05, 0.1) is 24.5 Å². The number of aromatic hydroxyl groups is 1. The highest BCUT2D eigenvalue weighted by Gasteiger charge is 2.21. The average Bonchev–Trinajstić information content (AvgIpc) is 2.74. The fraction of sp³-hybridized carbons (Fsp3) is 0.300. The van der Waals surface area contributed by atoms with Gasteiger partial charge in [0, 0.05) is 26.2 Å². The number of nitrogens with zero attached hydrogens (tertiary/aromatic N) is 2.